The number of aromatic nitrogens is 2. The average molecular weight is 330 g/mol. The van der Waals surface area contributed by atoms with Crippen molar-refractivity contribution in [2.24, 2.45) is 0 Å². The van der Waals surface area contributed by atoms with E-state index in [1.807, 2.05) is 19.9 Å². The van der Waals surface area contributed by atoms with Gasteiger partial charge in [0.1, 0.15) is 12.3 Å². The third-order valence-electron chi connectivity index (χ3n) is 3.69. The lowest BCUT2D eigenvalue weighted by molar-refractivity contribution is -0.144. The molecule has 2 rings (SSSR count). The van der Waals surface area contributed by atoms with Crippen LogP contribution in [0.25, 0.3) is 16.5 Å². The Hall–Kier alpha value is -2.63. The lowest BCUT2D eigenvalue weighted by atomic mass is 10.0. The summed E-state index contributed by atoms with van der Waals surface area (Å²) in [6.45, 7) is 9.59. The van der Waals surface area contributed by atoms with Crippen LogP contribution in [0.4, 0.5) is 0 Å². The highest BCUT2D eigenvalue weighted by Gasteiger charge is 2.16. The van der Waals surface area contributed by atoms with E-state index < -0.39 is 5.97 Å². The lowest BCUT2D eigenvalue weighted by Gasteiger charge is -2.14. The summed E-state index contributed by atoms with van der Waals surface area (Å²) in [6, 6.07) is 5.33. The van der Waals surface area contributed by atoms with Gasteiger partial charge in [0, 0.05) is 10.9 Å². The van der Waals surface area contributed by atoms with Crippen LogP contribution in [-0.2, 0) is 20.8 Å². The molecule has 1 aromatic carbocycles. The van der Waals surface area contributed by atoms with Gasteiger partial charge < -0.3 is 9.47 Å². The summed E-state index contributed by atoms with van der Waals surface area (Å²) in [5.41, 5.74) is 1.20. The average Bonchev–Trinajstić information content (AvgIpc) is 2.56. The first-order valence-corrected chi connectivity index (χ1v) is 7.82. The van der Waals surface area contributed by atoms with Gasteiger partial charge in [0.25, 0.3) is 5.56 Å². The monoisotopic (exact) mass is 330 g/mol. The van der Waals surface area contributed by atoms with Gasteiger partial charge >= 0.3 is 5.97 Å². The van der Waals surface area contributed by atoms with E-state index in [9.17, 15) is 9.59 Å². The molecule has 2 aromatic rings. The Morgan fingerprint density at radius 2 is 2.04 bits per heavy atom. The second-order valence-electron chi connectivity index (χ2n) is 5.70. The van der Waals surface area contributed by atoms with E-state index in [2.05, 4.69) is 11.7 Å². The van der Waals surface area contributed by atoms with Crippen molar-refractivity contribution in [1.82, 2.24) is 9.78 Å². The summed E-state index contributed by atoms with van der Waals surface area (Å²) in [6.07, 6.45) is 0. The fourth-order valence-electron chi connectivity index (χ4n) is 2.46. The molecular weight excluding hydrogens is 308 g/mol. The van der Waals surface area contributed by atoms with Gasteiger partial charge in [-0.05, 0) is 25.0 Å². The van der Waals surface area contributed by atoms with Crippen LogP contribution in [0.5, 0.6) is 0 Å². The SMILES string of the molecule is C=C(OC)c1ccc2c(=O)n(CC(=O)OCC)nc(C(C)C)c2c1. The maximum absolute atomic E-state index is 12.6. The van der Waals surface area contributed by atoms with Gasteiger partial charge in [-0.15, -0.1) is 0 Å². The molecule has 6 nitrogen and oxygen atoms in total. The molecule has 0 N–H and O–H groups in total. The minimum atomic E-state index is -0.481. The number of hydrogen-bond donors (Lipinski definition) is 0. The number of ether oxygens (including phenoxy) is 2. The maximum Gasteiger partial charge on any atom is 0.327 e. The number of fused-ring (bicyclic) bond motifs is 1. The van der Waals surface area contributed by atoms with Crippen molar-refractivity contribution < 1.29 is 14.3 Å². The highest BCUT2D eigenvalue weighted by Crippen LogP contribution is 2.24. The van der Waals surface area contributed by atoms with E-state index in [0.29, 0.717) is 11.1 Å². The Morgan fingerprint density at radius 3 is 2.62 bits per heavy atom. The number of hydrogen-bond acceptors (Lipinski definition) is 5. The van der Waals surface area contributed by atoms with E-state index in [1.54, 1.807) is 26.2 Å². The third-order valence-corrected chi connectivity index (χ3v) is 3.69. The molecular formula is C18H22N2O4. The molecule has 0 amide bonds. The summed E-state index contributed by atoms with van der Waals surface area (Å²) in [5, 5.41) is 5.63. The first-order valence-electron chi connectivity index (χ1n) is 7.82. The lowest BCUT2D eigenvalue weighted by Crippen LogP contribution is -2.29. The normalized spacial score (nSPS) is 10.9. The molecule has 1 heterocycles. The van der Waals surface area contributed by atoms with Gasteiger partial charge in [-0.3, -0.25) is 9.59 Å². The summed E-state index contributed by atoms with van der Waals surface area (Å²) >= 11 is 0. The number of carbonyl (C=O) groups excluding carboxylic acids is 1. The van der Waals surface area contributed by atoms with Gasteiger partial charge in [0.15, 0.2) is 0 Å². The Balaban J connectivity index is 2.65. The third kappa shape index (κ3) is 3.48. The Kier molecular flexibility index (Phi) is 5.39. The molecule has 128 valence electrons. The first kappa shape index (κ1) is 17.7. The van der Waals surface area contributed by atoms with E-state index in [1.165, 1.54) is 4.68 Å². The second-order valence-corrected chi connectivity index (χ2v) is 5.70. The first-order chi connectivity index (χ1) is 11.4. The second kappa shape index (κ2) is 7.29. The highest BCUT2D eigenvalue weighted by molar-refractivity contribution is 5.87. The van der Waals surface area contributed by atoms with Crippen molar-refractivity contribution >= 4 is 22.5 Å². The zero-order valence-electron chi connectivity index (χ0n) is 14.5. The highest BCUT2D eigenvalue weighted by atomic mass is 16.5. The van der Waals surface area contributed by atoms with Crippen LogP contribution < -0.4 is 5.56 Å². The molecule has 0 saturated carbocycles. The van der Waals surface area contributed by atoms with Crippen molar-refractivity contribution in [1.29, 1.82) is 0 Å². The molecule has 0 radical (unpaired) electrons. The fourth-order valence-corrected chi connectivity index (χ4v) is 2.46. The van der Waals surface area contributed by atoms with Crippen LogP contribution in [0, 0.1) is 0 Å². The quantitative estimate of drug-likeness (QED) is 0.601. The number of benzene rings is 1. The smallest absolute Gasteiger partial charge is 0.327 e. The largest absolute Gasteiger partial charge is 0.497 e. The molecule has 6 heteroatoms. The number of nitrogens with zero attached hydrogens (tertiary/aromatic N) is 2. The molecule has 1 aromatic heterocycles. The summed E-state index contributed by atoms with van der Waals surface area (Å²) < 4.78 is 11.2. The topological polar surface area (TPSA) is 70.4 Å². The summed E-state index contributed by atoms with van der Waals surface area (Å²) in [5.74, 6) is 0.112. The minimum absolute atomic E-state index is 0.0765. The predicted octanol–water partition coefficient (Wildman–Crippen LogP) is 2.70. The van der Waals surface area contributed by atoms with Crippen LogP contribution >= 0.6 is 0 Å². The molecule has 0 spiro atoms. The van der Waals surface area contributed by atoms with Crippen molar-refractivity contribution in [3.8, 4) is 0 Å². The summed E-state index contributed by atoms with van der Waals surface area (Å²) in [7, 11) is 1.55. The molecule has 0 fully saturated rings. The van der Waals surface area contributed by atoms with Gasteiger partial charge in [0.2, 0.25) is 0 Å². The fraction of sp³-hybridized carbons (Fsp3) is 0.389. The van der Waals surface area contributed by atoms with Gasteiger partial charge in [-0.2, -0.15) is 5.10 Å². The van der Waals surface area contributed by atoms with Crippen LogP contribution in [0.3, 0.4) is 0 Å². The molecule has 0 saturated heterocycles. The Labute approximate surface area is 140 Å². The van der Waals surface area contributed by atoms with E-state index >= 15 is 0 Å². The van der Waals surface area contributed by atoms with Crippen LogP contribution in [-0.4, -0.2) is 29.5 Å². The van der Waals surface area contributed by atoms with E-state index in [0.717, 1.165) is 16.6 Å². The number of rotatable bonds is 6. The Bertz CT molecular complexity index is 837. The number of esters is 1. The molecule has 0 unspecified atom stereocenters. The van der Waals surface area contributed by atoms with Crippen LogP contribution in [0.15, 0.2) is 29.6 Å². The standard InChI is InChI=1S/C18H22N2O4/c1-6-24-16(21)10-20-18(22)14-8-7-13(12(4)23-5)9-15(14)17(19-20)11(2)3/h7-9,11H,4,6,10H2,1-3,5H3. The summed E-state index contributed by atoms with van der Waals surface area (Å²) in [4.78, 5) is 24.3. The molecule has 0 bridgehead atoms. The molecule has 0 aliphatic carbocycles. The van der Waals surface area contributed by atoms with Crippen LogP contribution in [0.2, 0.25) is 0 Å². The molecule has 0 aliphatic heterocycles. The van der Waals surface area contributed by atoms with Crippen molar-refractivity contribution in [3.05, 3.63) is 46.4 Å². The predicted molar refractivity (Wildman–Crippen MR) is 92.8 cm³/mol. The van der Waals surface area contributed by atoms with E-state index in [4.69, 9.17) is 9.47 Å². The van der Waals surface area contributed by atoms with Gasteiger partial charge in [-0.25, -0.2) is 4.68 Å². The molecule has 0 atom stereocenters. The zero-order valence-corrected chi connectivity index (χ0v) is 14.5. The van der Waals surface area contributed by atoms with Crippen molar-refractivity contribution in [2.45, 2.75) is 33.2 Å². The van der Waals surface area contributed by atoms with E-state index in [-0.39, 0.29) is 24.6 Å². The Morgan fingerprint density at radius 1 is 1.33 bits per heavy atom. The number of carbonyl (C=O) groups is 1. The molecule has 24 heavy (non-hydrogen) atoms. The molecule has 0 aliphatic rings. The minimum Gasteiger partial charge on any atom is -0.497 e. The van der Waals surface area contributed by atoms with Gasteiger partial charge in [0.05, 0.1) is 24.8 Å². The number of methoxy groups -OCH3 is 1. The van der Waals surface area contributed by atoms with Crippen LogP contribution in [0.1, 0.15) is 37.9 Å². The van der Waals surface area contributed by atoms with Crippen molar-refractivity contribution in [2.75, 3.05) is 13.7 Å². The zero-order chi connectivity index (χ0) is 17.9. The maximum atomic E-state index is 12.6. The van der Waals surface area contributed by atoms with Crippen molar-refractivity contribution in [3.63, 3.8) is 0 Å². The van der Waals surface area contributed by atoms with Gasteiger partial charge in [-0.1, -0.05) is 26.5 Å².